The van der Waals surface area contributed by atoms with Crippen LogP contribution >= 0.6 is 0 Å². The van der Waals surface area contributed by atoms with Crippen LogP contribution in [0.15, 0.2) is 24.3 Å². The van der Waals surface area contributed by atoms with Crippen LogP contribution in [0.3, 0.4) is 0 Å². The third-order valence-electron chi connectivity index (χ3n) is 3.27. The third-order valence-corrected chi connectivity index (χ3v) is 3.27. The molecule has 1 aromatic rings. The number of halogens is 3. The van der Waals surface area contributed by atoms with E-state index in [4.69, 9.17) is 4.74 Å². The highest BCUT2D eigenvalue weighted by Gasteiger charge is 2.29. The topological polar surface area (TPSA) is 21.3 Å². The molecule has 5 heteroatoms. The maximum atomic E-state index is 12.4. The van der Waals surface area contributed by atoms with Gasteiger partial charge in [-0.05, 0) is 37.6 Å². The molecular weight excluding hydrogens is 267 g/mol. The van der Waals surface area contributed by atoms with Gasteiger partial charge in [-0.3, -0.25) is 0 Å². The lowest BCUT2D eigenvalue weighted by Crippen LogP contribution is -2.34. The Morgan fingerprint density at radius 1 is 1.30 bits per heavy atom. The first kappa shape index (κ1) is 14.9. The van der Waals surface area contributed by atoms with E-state index >= 15 is 0 Å². The summed E-state index contributed by atoms with van der Waals surface area (Å²) in [5, 5.41) is 3.26. The number of alkyl halides is 3. The minimum atomic E-state index is -4.30. The van der Waals surface area contributed by atoms with Crippen LogP contribution in [0.4, 0.5) is 13.2 Å². The number of hydrogen-bond donors (Lipinski definition) is 1. The maximum absolute atomic E-state index is 12.4. The SMILES string of the molecule is C[C@H]1OCC[C@H]1NCC#Cc1ccc(C(F)(F)F)cc1. The normalized spacial score (nSPS) is 22.4. The standard InChI is InChI=1S/C15H16F3NO/c1-11-14(8-10-20-11)19-9-2-3-12-4-6-13(7-5-12)15(16,17)18/h4-7,11,14,19H,8-10H2,1H3/t11-,14-/m1/s1. The summed E-state index contributed by atoms with van der Waals surface area (Å²) in [6.45, 7) is 3.26. The molecule has 1 aliphatic rings. The maximum Gasteiger partial charge on any atom is 0.416 e. The quantitative estimate of drug-likeness (QED) is 0.843. The van der Waals surface area contributed by atoms with Crippen molar-refractivity contribution in [2.75, 3.05) is 13.2 Å². The number of ether oxygens (including phenoxy) is 1. The van der Waals surface area contributed by atoms with Gasteiger partial charge in [-0.1, -0.05) is 11.8 Å². The van der Waals surface area contributed by atoms with Gasteiger partial charge in [0.1, 0.15) is 0 Å². The van der Waals surface area contributed by atoms with Crippen LogP contribution in [0.1, 0.15) is 24.5 Å². The van der Waals surface area contributed by atoms with Crippen molar-refractivity contribution < 1.29 is 17.9 Å². The summed E-state index contributed by atoms with van der Waals surface area (Å²) < 4.78 is 42.5. The molecule has 0 bridgehead atoms. The Balaban J connectivity index is 1.86. The lowest BCUT2D eigenvalue weighted by atomic mass is 10.1. The average Bonchev–Trinajstić information content (AvgIpc) is 2.80. The van der Waals surface area contributed by atoms with Crippen molar-refractivity contribution in [3.8, 4) is 11.8 Å². The first-order chi connectivity index (χ1) is 9.47. The van der Waals surface area contributed by atoms with Gasteiger partial charge in [0.2, 0.25) is 0 Å². The lowest BCUT2D eigenvalue weighted by molar-refractivity contribution is -0.137. The largest absolute Gasteiger partial charge is 0.416 e. The third kappa shape index (κ3) is 3.99. The lowest BCUT2D eigenvalue weighted by Gasteiger charge is -2.13. The molecule has 1 saturated heterocycles. The highest BCUT2D eigenvalue weighted by molar-refractivity contribution is 5.37. The second kappa shape index (κ2) is 6.29. The monoisotopic (exact) mass is 283 g/mol. The fraction of sp³-hybridized carbons (Fsp3) is 0.467. The minimum absolute atomic E-state index is 0.183. The van der Waals surface area contributed by atoms with E-state index in [-0.39, 0.29) is 6.10 Å². The highest BCUT2D eigenvalue weighted by Crippen LogP contribution is 2.28. The zero-order valence-electron chi connectivity index (χ0n) is 11.1. The summed E-state index contributed by atoms with van der Waals surface area (Å²) in [6.07, 6.45) is -3.15. The van der Waals surface area contributed by atoms with E-state index in [0.717, 1.165) is 25.2 Å². The van der Waals surface area contributed by atoms with E-state index in [0.29, 0.717) is 18.2 Å². The van der Waals surface area contributed by atoms with Crippen LogP contribution < -0.4 is 5.32 Å². The van der Waals surface area contributed by atoms with Gasteiger partial charge in [-0.25, -0.2) is 0 Å². The first-order valence-electron chi connectivity index (χ1n) is 6.48. The van der Waals surface area contributed by atoms with Crippen molar-refractivity contribution >= 4 is 0 Å². The van der Waals surface area contributed by atoms with Crippen molar-refractivity contribution in [1.82, 2.24) is 5.32 Å². The summed E-state index contributed by atoms with van der Waals surface area (Å²) in [5.74, 6) is 5.75. The minimum Gasteiger partial charge on any atom is -0.377 e. The molecule has 0 unspecified atom stereocenters. The molecule has 1 fully saturated rings. The molecule has 1 heterocycles. The first-order valence-corrected chi connectivity index (χ1v) is 6.48. The van der Waals surface area contributed by atoms with Crippen LogP contribution in [0, 0.1) is 11.8 Å². The van der Waals surface area contributed by atoms with Crippen LogP contribution in [0.2, 0.25) is 0 Å². The molecule has 0 radical (unpaired) electrons. The Labute approximate surface area is 116 Å². The Hall–Kier alpha value is -1.51. The molecule has 2 atom stereocenters. The van der Waals surface area contributed by atoms with Crippen molar-refractivity contribution in [2.24, 2.45) is 0 Å². The summed E-state index contributed by atoms with van der Waals surface area (Å²) in [7, 11) is 0. The van der Waals surface area contributed by atoms with Crippen LogP contribution in [-0.4, -0.2) is 25.3 Å². The zero-order chi connectivity index (χ0) is 14.6. The van der Waals surface area contributed by atoms with Crippen molar-refractivity contribution in [3.63, 3.8) is 0 Å². The molecule has 2 nitrogen and oxygen atoms in total. The second-order valence-electron chi connectivity index (χ2n) is 4.73. The molecule has 2 rings (SSSR count). The van der Waals surface area contributed by atoms with Crippen LogP contribution in [-0.2, 0) is 10.9 Å². The average molecular weight is 283 g/mol. The zero-order valence-corrected chi connectivity index (χ0v) is 11.1. The molecule has 0 saturated carbocycles. The highest BCUT2D eigenvalue weighted by atomic mass is 19.4. The summed E-state index contributed by atoms with van der Waals surface area (Å²) in [4.78, 5) is 0. The summed E-state index contributed by atoms with van der Waals surface area (Å²) in [6, 6.07) is 5.17. The van der Waals surface area contributed by atoms with Crippen LogP contribution in [0.5, 0.6) is 0 Å². The molecule has 0 amide bonds. The fourth-order valence-electron chi connectivity index (χ4n) is 2.07. The molecule has 1 N–H and O–H groups in total. The molecular formula is C15H16F3NO. The second-order valence-corrected chi connectivity index (χ2v) is 4.73. The van der Waals surface area contributed by atoms with E-state index in [9.17, 15) is 13.2 Å². The Morgan fingerprint density at radius 2 is 2.00 bits per heavy atom. The van der Waals surface area contributed by atoms with E-state index in [1.54, 1.807) is 0 Å². The summed E-state index contributed by atoms with van der Waals surface area (Å²) >= 11 is 0. The molecule has 0 aliphatic carbocycles. The molecule has 0 aromatic heterocycles. The van der Waals surface area contributed by atoms with Gasteiger partial charge in [-0.2, -0.15) is 13.2 Å². The van der Waals surface area contributed by atoms with Crippen molar-refractivity contribution in [2.45, 2.75) is 31.7 Å². The van der Waals surface area contributed by atoms with E-state index in [2.05, 4.69) is 17.2 Å². The Kier molecular flexibility index (Phi) is 4.69. The Morgan fingerprint density at radius 3 is 2.55 bits per heavy atom. The predicted octanol–water partition coefficient (Wildman–Crippen LogP) is 2.82. The molecule has 1 aliphatic heterocycles. The van der Waals surface area contributed by atoms with Gasteiger partial charge < -0.3 is 10.1 Å². The van der Waals surface area contributed by atoms with Gasteiger partial charge in [0.25, 0.3) is 0 Å². The fourth-order valence-corrected chi connectivity index (χ4v) is 2.07. The molecule has 20 heavy (non-hydrogen) atoms. The van der Waals surface area contributed by atoms with Gasteiger partial charge >= 0.3 is 6.18 Å². The molecule has 108 valence electrons. The number of rotatable bonds is 2. The van der Waals surface area contributed by atoms with Crippen molar-refractivity contribution in [1.29, 1.82) is 0 Å². The van der Waals surface area contributed by atoms with E-state index < -0.39 is 11.7 Å². The number of nitrogens with one attached hydrogen (secondary N) is 1. The van der Waals surface area contributed by atoms with Crippen molar-refractivity contribution in [3.05, 3.63) is 35.4 Å². The van der Waals surface area contributed by atoms with Gasteiger partial charge in [0.15, 0.2) is 0 Å². The molecule has 0 spiro atoms. The van der Waals surface area contributed by atoms with Gasteiger partial charge in [0.05, 0.1) is 18.2 Å². The van der Waals surface area contributed by atoms with E-state index in [1.165, 1.54) is 12.1 Å². The molecule has 1 aromatic carbocycles. The van der Waals surface area contributed by atoms with Gasteiger partial charge in [0, 0.05) is 18.2 Å². The van der Waals surface area contributed by atoms with Crippen LogP contribution in [0.25, 0.3) is 0 Å². The van der Waals surface area contributed by atoms with Gasteiger partial charge in [-0.15, -0.1) is 0 Å². The predicted molar refractivity (Wildman–Crippen MR) is 70.1 cm³/mol. The summed E-state index contributed by atoms with van der Waals surface area (Å²) in [5.41, 5.74) is -0.0753. The number of hydrogen-bond acceptors (Lipinski definition) is 2. The van der Waals surface area contributed by atoms with E-state index in [1.807, 2.05) is 6.92 Å². The Bertz CT molecular complexity index is 499. The number of benzene rings is 1. The smallest absolute Gasteiger partial charge is 0.377 e.